The fourth-order valence-electron chi connectivity index (χ4n) is 4.34. The van der Waals surface area contributed by atoms with Crippen molar-refractivity contribution in [3.63, 3.8) is 0 Å². The lowest BCUT2D eigenvalue weighted by Gasteiger charge is -2.42. The maximum atomic E-state index is 13.2. The van der Waals surface area contributed by atoms with E-state index in [9.17, 15) is 4.79 Å². The molecule has 2 fully saturated rings. The second-order valence-electron chi connectivity index (χ2n) is 7.40. The highest BCUT2D eigenvalue weighted by molar-refractivity contribution is 5.81. The molecule has 2 saturated carbocycles. The third-order valence-electron chi connectivity index (χ3n) is 5.59. The highest BCUT2D eigenvalue weighted by atomic mass is 16.5. The Kier molecular flexibility index (Phi) is 6.17. The van der Waals surface area contributed by atoms with E-state index in [2.05, 4.69) is 4.90 Å². The third-order valence-corrected chi connectivity index (χ3v) is 5.59. The number of rotatable bonds is 5. The summed E-state index contributed by atoms with van der Waals surface area (Å²) in [5, 5.41) is 0. The number of hydrogen-bond donors (Lipinski definition) is 0. The van der Waals surface area contributed by atoms with Crippen LogP contribution < -0.4 is 4.74 Å². The van der Waals surface area contributed by atoms with Crippen LogP contribution in [0.3, 0.4) is 0 Å². The first kappa shape index (κ1) is 17.3. The molecule has 0 spiro atoms. The number of hydrogen-bond acceptors (Lipinski definition) is 2. The molecule has 1 amide bonds. The molecule has 0 heterocycles. The summed E-state index contributed by atoms with van der Waals surface area (Å²) in [4.78, 5) is 15.5. The monoisotopic (exact) mass is 329 g/mol. The molecular formula is C21H31NO2. The van der Waals surface area contributed by atoms with E-state index < -0.39 is 6.10 Å². The molecule has 3 nitrogen and oxygen atoms in total. The highest BCUT2D eigenvalue weighted by Crippen LogP contribution is 2.31. The molecule has 2 aliphatic rings. The van der Waals surface area contributed by atoms with Crippen LogP contribution in [0.4, 0.5) is 0 Å². The van der Waals surface area contributed by atoms with Crippen LogP contribution in [0.1, 0.15) is 71.1 Å². The van der Waals surface area contributed by atoms with Gasteiger partial charge in [0.1, 0.15) is 5.75 Å². The number of benzene rings is 1. The number of ether oxygens (including phenoxy) is 1. The van der Waals surface area contributed by atoms with E-state index in [1.807, 2.05) is 37.3 Å². The number of amides is 1. The van der Waals surface area contributed by atoms with Gasteiger partial charge in [0.25, 0.3) is 5.91 Å². The van der Waals surface area contributed by atoms with E-state index in [4.69, 9.17) is 4.74 Å². The van der Waals surface area contributed by atoms with Gasteiger partial charge in [0.15, 0.2) is 6.10 Å². The van der Waals surface area contributed by atoms with Crippen molar-refractivity contribution in [2.75, 3.05) is 0 Å². The van der Waals surface area contributed by atoms with Crippen molar-refractivity contribution >= 4 is 5.91 Å². The van der Waals surface area contributed by atoms with E-state index >= 15 is 0 Å². The summed E-state index contributed by atoms with van der Waals surface area (Å²) in [6.45, 7) is 1.91. The number of carbonyl (C=O) groups is 1. The Morgan fingerprint density at radius 3 is 1.92 bits per heavy atom. The van der Waals surface area contributed by atoms with Crippen molar-refractivity contribution in [2.45, 2.75) is 89.3 Å². The van der Waals surface area contributed by atoms with E-state index in [-0.39, 0.29) is 5.91 Å². The molecule has 0 aromatic heterocycles. The van der Waals surface area contributed by atoms with Gasteiger partial charge in [-0.1, -0.05) is 56.7 Å². The fourth-order valence-corrected chi connectivity index (χ4v) is 4.34. The normalized spacial score (nSPS) is 21.2. The molecule has 0 radical (unpaired) electrons. The summed E-state index contributed by atoms with van der Waals surface area (Å²) in [6.07, 6.45) is 11.9. The predicted octanol–water partition coefficient (Wildman–Crippen LogP) is 4.95. The zero-order chi connectivity index (χ0) is 16.8. The predicted molar refractivity (Wildman–Crippen MR) is 97.1 cm³/mol. The Bertz CT molecular complexity index is 486. The minimum atomic E-state index is -0.406. The van der Waals surface area contributed by atoms with E-state index in [1.54, 1.807) is 0 Å². The van der Waals surface area contributed by atoms with E-state index in [0.717, 1.165) is 5.75 Å². The molecule has 24 heavy (non-hydrogen) atoms. The fraction of sp³-hybridized carbons (Fsp3) is 0.667. The largest absolute Gasteiger partial charge is 0.481 e. The summed E-state index contributed by atoms with van der Waals surface area (Å²) in [5.41, 5.74) is 0. The summed E-state index contributed by atoms with van der Waals surface area (Å²) in [5.74, 6) is 0.975. The molecule has 1 unspecified atom stereocenters. The molecule has 3 heteroatoms. The topological polar surface area (TPSA) is 29.5 Å². The van der Waals surface area contributed by atoms with Gasteiger partial charge in [0, 0.05) is 12.1 Å². The molecule has 2 aliphatic carbocycles. The van der Waals surface area contributed by atoms with Crippen LogP contribution in [0.2, 0.25) is 0 Å². The molecule has 1 aromatic carbocycles. The molecule has 132 valence electrons. The number of carbonyl (C=O) groups excluding carboxylic acids is 1. The van der Waals surface area contributed by atoms with Gasteiger partial charge in [0.05, 0.1) is 0 Å². The minimum Gasteiger partial charge on any atom is -0.481 e. The Morgan fingerprint density at radius 2 is 1.42 bits per heavy atom. The lowest BCUT2D eigenvalue weighted by atomic mass is 9.88. The average Bonchev–Trinajstić information content (AvgIpc) is 2.64. The standard InChI is InChI=1S/C21H31NO2/c1-17(24-20-15-9-4-10-16-20)21(23)22(18-11-5-2-6-12-18)19-13-7-3-8-14-19/h4,9-10,15-19H,2-3,5-8,11-14H2,1H3. The Morgan fingerprint density at radius 1 is 0.917 bits per heavy atom. The Labute approximate surface area is 146 Å². The maximum absolute atomic E-state index is 13.2. The van der Waals surface area contributed by atoms with Gasteiger partial charge in [0.2, 0.25) is 0 Å². The van der Waals surface area contributed by atoms with Crippen LogP contribution >= 0.6 is 0 Å². The zero-order valence-electron chi connectivity index (χ0n) is 15.0. The van der Waals surface area contributed by atoms with E-state index in [0.29, 0.717) is 12.1 Å². The third kappa shape index (κ3) is 4.31. The average molecular weight is 329 g/mol. The van der Waals surface area contributed by atoms with Gasteiger partial charge >= 0.3 is 0 Å². The summed E-state index contributed by atoms with van der Waals surface area (Å²) >= 11 is 0. The summed E-state index contributed by atoms with van der Waals surface area (Å²) < 4.78 is 5.95. The lowest BCUT2D eigenvalue weighted by molar-refractivity contribution is -0.145. The lowest BCUT2D eigenvalue weighted by Crippen LogP contribution is -2.52. The first-order valence-electron chi connectivity index (χ1n) is 9.79. The van der Waals surface area contributed by atoms with E-state index in [1.165, 1.54) is 64.2 Å². The molecule has 3 rings (SSSR count). The SMILES string of the molecule is CC(Oc1ccccc1)C(=O)N(C1CCCCC1)C1CCCCC1. The Hall–Kier alpha value is -1.51. The van der Waals surface area contributed by atoms with Gasteiger partial charge in [-0.3, -0.25) is 4.79 Å². The molecular weight excluding hydrogens is 298 g/mol. The van der Waals surface area contributed by atoms with Crippen molar-refractivity contribution in [2.24, 2.45) is 0 Å². The molecule has 1 atom stereocenters. The van der Waals surface area contributed by atoms with Crippen LogP contribution in [-0.2, 0) is 4.79 Å². The molecule has 0 N–H and O–H groups in total. The van der Waals surface area contributed by atoms with Gasteiger partial charge in [-0.25, -0.2) is 0 Å². The van der Waals surface area contributed by atoms with Crippen molar-refractivity contribution in [3.8, 4) is 5.75 Å². The second-order valence-corrected chi connectivity index (χ2v) is 7.40. The molecule has 0 bridgehead atoms. The Balaban J connectivity index is 1.71. The first-order chi connectivity index (χ1) is 11.8. The van der Waals surface area contributed by atoms with Gasteiger partial charge in [-0.05, 0) is 44.7 Å². The summed E-state index contributed by atoms with van der Waals surface area (Å²) in [7, 11) is 0. The smallest absolute Gasteiger partial charge is 0.263 e. The highest BCUT2D eigenvalue weighted by Gasteiger charge is 2.35. The van der Waals surface area contributed by atoms with Crippen LogP contribution in [0.5, 0.6) is 5.75 Å². The van der Waals surface area contributed by atoms with Crippen molar-refractivity contribution in [1.82, 2.24) is 4.90 Å². The van der Waals surface area contributed by atoms with Crippen LogP contribution in [0.25, 0.3) is 0 Å². The van der Waals surface area contributed by atoms with Crippen molar-refractivity contribution in [1.29, 1.82) is 0 Å². The number of para-hydroxylation sites is 1. The van der Waals surface area contributed by atoms with Gasteiger partial charge in [-0.15, -0.1) is 0 Å². The van der Waals surface area contributed by atoms with Crippen molar-refractivity contribution < 1.29 is 9.53 Å². The summed E-state index contributed by atoms with van der Waals surface area (Å²) in [6, 6.07) is 10.6. The van der Waals surface area contributed by atoms with Crippen LogP contribution in [0, 0.1) is 0 Å². The first-order valence-corrected chi connectivity index (χ1v) is 9.79. The van der Waals surface area contributed by atoms with Crippen molar-refractivity contribution in [3.05, 3.63) is 30.3 Å². The maximum Gasteiger partial charge on any atom is 0.263 e. The minimum absolute atomic E-state index is 0.192. The second kappa shape index (κ2) is 8.55. The van der Waals surface area contributed by atoms with Gasteiger partial charge in [-0.2, -0.15) is 0 Å². The van der Waals surface area contributed by atoms with Crippen LogP contribution in [-0.4, -0.2) is 29.0 Å². The molecule has 0 aliphatic heterocycles. The number of nitrogens with zero attached hydrogens (tertiary/aromatic N) is 1. The molecule has 0 saturated heterocycles. The zero-order valence-corrected chi connectivity index (χ0v) is 15.0. The molecule has 1 aromatic rings. The quantitative estimate of drug-likeness (QED) is 0.765. The van der Waals surface area contributed by atoms with Gasteiger partial charge < -0.3 is 9.64 Å². The van der Waals surface area contributed by atoms with Crippen LogP contribution in [0.15, 0.2) is 30.3 Å².